The molecular weight excluding hydrogens is 388 g/mol. The second-order valence-electron chi connectivity index (χ2n) is 6.92. The molecule has 4 aromatic rings. The van der Waals surface area contributed by atoms with Gasteiger partial charge in [0.2, 0.25) is 0 Å². The molecule has 29 heavy (non-hydrogen) atoms. The summed E-state index contributed by atoms with van der Waals surface area (Å²) in [7, 11) is 1.87. The Morgan fingerprint density at radius 1 is 1.17 bits per heavy atom. The van der Waals surface area contributed by atoms with Crippen molar-refractivity contribution in [3.63, 3.8) is 0 Å². The highest BCUT2D eigenvalue weighted by Gasteiger charge is 2.24. The van der Waals surface area contributed by atoms with Gasteiger partial charge in [-0.2, -0.15) is 0 Å². The first-order valence-electron chi connectivity index (χ1n) is 9.29. The molecule has 0 fully saturated rings. The largest absolute Gasteiger partial charge is 0.467 e. The normalized spacial score (nSPS) is 12.4. The van der Waals surface area contributed by atoms with Crippen LogP contribution in [0.1, 0.15) is 34.4 Å². The molecule has 8 heteroatoms. The molecule has 0 spiro atoms. The number of aryl methyl sites for hydroxylation is 1. The summed E-state index contributed by atoms with van der Waals surface area (Å²) >= 11 is 1.39. The molecule has 4 rings (SSSR count). The average Bonchev–Trinajstić information content (AvgIpc) is 3.48. The first-order chi connectivity index (χ1) is 14.0. The molecule has 0 aliphatic rings. The molecule has 0 unspecified atom stereocenters. The lowest BCUT2D eigenvalue weighted by Crippen LogP contribution is -2.15. The van der Waals surface area contributed by atoms with Gasteiger partial charge in [-0.05, 0) is 51.1 Å². The Hall–Kier alpha value is -3.00. The predicted octanol–water partition coefficient (Wildman–Crippen LogP) is 4.50. The van der Waals surface area contributed by atoms with Crippen LogP contribution in [0.4, 0.5) is 0 Å². The fourth-order valence-corrected chi connectivity index (χ4v) is 4.20. The van der Waals surface area contributed by atoms with Crippen molar-refractivity contribution >= 4 is 17.5 Å². The molecule has 4 heterocycles. The van der Waals surface area contributed by atoms with E-state index in [1.807, 2.05) is 62.7 Å². The summed E-state index contributed by atoms with van der Waals surface area (Å²) in [6.07, 6.45) is 3.26. The monoisotopic (exact) mass is 410 g/mol. The Bertz CT molecular complexity index is 1120. The zero-order valence-electron chi connectivity index (χ0n) is 16.7. The molecular formula is C21H22N4O3S. The van der Waals surface area contributed by atoms with E-state index in [1.54, 1.807) is 12.5 Å². The molecule has 0 aliphatic carbocycles. The zero-order chi connectivity index (χ0) is 20.5. The van der Waals surface area contributed by atoms with Crippen molar-refractivity contribution < 1.29 is 13.6 Å². The molecule has 150 valence electrons. The van der Waals surface area contributed by atoms with Crippen LogP contribution >= 0.6 is 11.8 Å². The van der Waals surface area contributed by atoms with Crippen LogP contribution in [0.2, 0.25) is 0 Å². The van der Waals surface area contributed by atoms with Gasteiger partial charge in [0.15, 0.2) is 22.5 Å². The maximum Gasteiger partial charge on any atom is 0.200 e. The van der Waals surface area contributed by atoms with Gasteiger partial charge in [-0.1, -0.05) is 11.8 Å². The van der Waals surface area contributed by atoms with E-state index < -0.39 is 0 Å². The molecule has 0 radical (unpaired) electrons. The van der Waals surface area contributed by atoms with E-state index in [4.69, 9.17) is 8.83 Å². The van der Waals surface area contributed by atoms with E-state index in [2.05, 4.69) is 14.8 Å². The fourth-order valence-electron chi connectivity index (χ4n) is 3.32. The minimum absolute atomic E-state index is 0.0661. The van der Waals surface area contributed by atoms with Crippen LogP contribution in [0.25, 0.3) is 11.6 Å². The lowest BCUT2D eigenvalue weighted by Gasteiger charge is -2.11. The second-order valence-corrected chi connectivity index (χ2v) is 8.23. The number of hydrogen-bond donors (Lipinski definition) is 0. The van der Waals surface area contributed by atoms with Crippen LogP contribution in [0.3, 0.4) is 0 Å². The Kier molecular flexibility index (Phi) is 5.19. The number of aromatic nitrogens is 4. The van der Waals surface area contributed by atoms with E-state index >= 15 is 0 Å². The van der Waals surface area contributed by atoms with E-state index in [9.17, 15) is 4.79 Å². The topological polar surface area (TPSA) is 79.0 Å². The standard InChI is InChI=1S/C21H22N4O3S/c1-13-11-17(14(2)25(13)12-16-7-5-9-27-16)19(26)15(3)29-21-23-22-20(24(21)4)18-8-6-10-28-18/h5-11,15H,12H2,1-4H3/t15-/m1/s1. The van der Waals surface area contributed by atoms with E-state index in [0.717, 1.165) is 22.7 Å². The highest BCUT2D eigenvalue weighted by atomic mass is 32.2. The maximum atomic E-state index is 13.2. The minimum atomic E-state index is -0.306. The van der Waals surface area contributed by atoms with Gasteiger partial charge in [0.05, 0.1) is 24.3 Å². The molecule has 0 amide bonds. The van der Waals surface area contributed by atoms with Crippen molar-refractivity contribution in [3.8, 4) is 11.6 Å². The van der Waals surface area contributed by atoms with Gasteiger partial charge in [0.25, 0.3) is 0 Å². The van der Waals surface area contributed by atoms with Gasteiger partial charge in [-0.3, -0.25) is 4.79 Å². The number of carbonyl (C=O) groups excluding carboxylic acids is 1. The summed E-state index contributed by atoms with van der Waals surface area (Å²) in [5.74, 6) is 2.20. The lowest BCUT2D eigenvalue weighted by molar-refractivity contribution is 0.0993. The molecule has 4 aromatic heterocycles. The summed E-state index contributed by atoms with van der Waals surface area (Å²) < 4.78 is 14.8. The molecule has 0 N–H and O–H groups in total. The summed E-state index contributed by atoms with van der Waals surface area (Å²) in [5.41, 5.74) is 2.69. The van der Waals surface area contributed by atoms with Crippen LogP contribution in [-0.4, -0.2) is 30.4 Å². The molecule has 0 saturated carbocycles. The first kappa shape index (κ1) is 19.3. The van der Waals surface area contributed by atoms with Crippen LogP contribution < -0.4 is 0 Å². The van der Waals surface area contributed by atoms with Crippen LogP contribution in [-0.2, 0) is 13.6 Å². The quantitative estimate of drug-likeness (QED) is 0.330. The molecule has 0 aromatic carbocycles. The van der Waals surface area contributed by atoms with Crippen molar-refractivity contribution in [1.29, 1.82) is 0 Å². The number of ketones is 1. The minimum Gasteiger partial charge on any atom is -0.467 e. The maximum absolute atomic E-state index is 13.2. The van der Waals surface area contributed by atoms with Gasteiger partial charge < -0.3 is 18.0 Å². The molecule has 1 atom stereocenters. The van der Waals surface area contributed by atoms with Gasteiger partial charge in [-0.25, -0.2) is 0 Å². The average molecular weight is 410 g/mol. The van der Waals surface area contributed by atoms with Gasteiger partial charge in [0.1, 0.15) is 5.76 Å². The molecule has 0 aliphatic heterocycles. The summed E-state index contributed by atoms with van der Waals surface area (Å²) in [5, 5.41) is 8.78. The third kappa shape index (κ3) is 3.67. The lowest BCUT2D eigenvalue weighted by atomic mass is 10.1. The SMILES string of the molecule is Cc1cc(C(=O)[C@@H](C)Sc2nnc(-c3ccco3)n2C)c(C)n1Cc1ccco1. The number of carbonyl (C=O) groups is 1. The van der Waals surface area contributed by atoms with Gasteiger partial charge >= 0.3 is 0 Å². The van der Waals surface area contributed by atoms with Crippen LogP contribution in [0, 0.1) is 13.8 Å². The number of hydrogen-bond acceptors (Lipinski definition) is 6. The summed E-state index contributed by atoms with van der Waals surface area (Å²) in [6.45, 7) is 6.48. The van der Waals surface area contributed by atoms with Crippen molar-refractivity contribution in [2.45, 2.75) is 37.7 Å². The molecule has 7 nitrogen and oxygen atoms in total. The van der Waals surface area contributed by atoms with Crippen molar-refractivity contribution in [1.82, 2.24) is 19.3 Å². The van der Waals surface area contributed by atoms with E-state index in [0.29, 0.717) is 23.3 Å². The van der Waals surface area contributed by atoms with Gasteiger partial charge in [0, 0.05) is 24.0 Å². The Morgan fingerprint density at radius 2 is 1.93 bits per heavy atom. The third-order valence-electron chi connectivity index (χ3n) is 4.96. The second kappa shape index (κ2) is 7.79. The van der Waals surface area contributed by atoms with Crippen molar-refractivity contribution in [2.75, 3.05) is 0 Å². The zero-order valence-corrected chi connectivity index (χ0v) is 17.6. The van der Waals surface area contributed by atoms with E-state index in [-0.39, 0.29) is 11.0 Å². The predicted molar refractivity (Wildman–Crippen MR) is 110 cm³/mol. The molecule has 0 saturated heterocycles. The summed E-state index contributed by atoms with van der Waals surface area (Å²) in [4.78, 5) is 13.2. The van der Waals surface area contributed by atoms with E-state index in [1.165, 1.54) is 11.8 Å². The Labute approximate surface area is 172 Å². The fraction of sp³-hybridized carbons (Fsp3) is 0.286. The number of nitrogens with zero attached hydrogens (tertiary/aromatic N) is 4. The number of rotatable bonds is 7. The third-order valence-corrected chi connectivity index (χ3v) is 6.09. The molecule has 0 bridgehead atoms. The highest BCUT2D eigenvalue weighted by Crippen LogP contribution is 2.29. The first-order valence-corrected chi connectivity index (χ1v) is 10.2. The van der Waals surface area contributed by atoms with Gasteiger partial charge in [-0.15, -0.1) is 10.2 Å². The Balaban J connectivity index is 1.53. The van der Waals surface area contributed by atoms with Crippen molar-refractivity contribution in [2.24, 2.45) is 7.05 Å². The van der Waals surface area contributed by atoms with Crippen molar-refractivity contribution in [3.05, 3.63) is 65.6 Å². The Morgan fingerprint density at radius 3 is 2.62 bits per heavy atom. The number of thioether (sulfide) groups is 1. The highest BCUT2D eigenvalue weighted by molar-refractivity contribution is 8.00. The number of Topliss-reactive ketones (excluding diaryl/α,β-unsaturated/α-hetero) is 1. The van der Waals surface area contributed by atoms with Crippen LogP contribution in [0.5, 0.6) is 0 Å². The summed E-state index contributed by atoms with van der Waals surface area (Å²) in [6, 6.07) is 9.39. The van der Waals surface area contributed by atoms with Crippen LogP contribution in [0.15, 0.2) is 56.8 Å². The number of furan rings is 2. The smallest absolute Gasteiger partial charge is 0.200 e.